The molecule has 1 saturated heterocycles. The lowest BCUT2D eigenvalue weighted by Gasteiger charge is -2.32. The molecular formula is C19H23BO2. The minimum atomic E-state index is -0.308. The van der Waals surface area contributed by atoms with Gasteiger partial charge in [-0.25, -0.2) is 0 Å². The Bertz CT molecular complexity index is 633. The van der Waals surface area contributed by atoms with Gasteiger partial charge in [0.05, 0.1) is 11.2 Å². The van der Waals surface area contributed by atoms with Gasteiger partial charge in [-0.05, 0) is 50.7 Å². The van der Waals surface area contributed by atoms with Gasteiger partial charge < -0.3 is 9.31 Å². The van der Waals surface area contributed by atoms with Crippen molar-refractivity contribution in [2.75, 3.05) is 0 Å². The van der Waals surface area contributed by atoms with Gasteiger partial charge in [0.1, 0.15) is 0 Å². The molecule has 22 heavy (non-hydrogen) atoms. The molecule has 2 nitrogen and oxygen atoms in total. The summed E-state index contributed by atoms with van der Waals surface area (Å²) in [6, 6.07) is 18.9. The second-order valence-electron chi connectivity index (χ2n) is 6.95. The molecule has 1 aliphatic heterocycles. The van der Waals surface area contributed by atoms with Crippen molar-refractivity contribution in [3.63, 3.8) is 0 Å². The second kappa shape index (κ2) is 5.56. The van der Waals surface area contributed by atoms with Gasteiger partial charge in [0.15, 0.2) is 0 Å². The summed E-state index contributed by atoms with van der Waals surface area (Å²) in [4.78, 5) is 0. The zero-order chi connectivity index (χ0) is 15.8. The van der Waals surface area contributed by atoms with E-state index in [9.17, 15) is 0 Å². The summed E-state index contributed by atoms with van der Waals surface area (Å²) in [5.41, 5.74) is 3.07. The van der Waals surface area contributed by atoms with Gasteiger partial charge in [-0.15, -0.1) is 0 Å². The highest BCUT2D eigenvalue weighted by atomic mass is 16.7. The predicted molar refractivity (Wildman–Crippen MR) is 91.4 cm³/mol. The standard InChI is InChI=1S/C19H23BO2/c1-18(2)19(3,4)22-20(21-18)17-13-9-8-12-16(17)14-15-10-6-5-7-11-15/h5-13H,14H2,1-4H3. The molecule has 3 rings (SSSR count). The topological polar surface area (TPSA) is 18.5 Å². The monoisotopic (exact) mass is 294 g/mol. The molecule has 1 aliphatic rings. The molecule has 1 fully saturated rings. The Morgan fingerprint density at radius 2 is 1.32 bits per heavy atom. The molecule has 0 aliphatic carbocycles. The van der Waals surface area contributed by atoms with Gasteiger partial charge >= 0.3 is 7.12 Å². The molecule has 0 radical (unpaired) electrons. The van der Waals surface area contributed by atoms with Gasteiger partial charge in [0.25, 0.3) is 0 Å². The Balaban J connectivity index is 1.90. The van der Waals surface area contributed by atoms with E-state index in [0.29, 0.717) is 0 Å². The van der Waals surface area contributed by atoms with Crippen molar-refractivity contribution in [3.05, 3.63) is 65.7 Å². The van der Waals surface area contributed by atoms with Crippen molar-refractivity contribution >= 4 is 12.6 Å². The maximum Gasteiger partial charge on any atom is 0.495 e. The summed E-state index contributed by atoms with van der Waals surface area (Å²) in [6.07, 6.45) is 0.890. The first-order valence-electron chi connectivity index (χ1n) is 7.86. The zero-order valence-electron chi connectivity index (χ0n) is 13.8. The highest BCUT2D eigenvalue weighted by Crippen LogP contribution is 2.36. The lowest BCUT2D eigenvalue weighted by Crippen LogP contribution is -2.41. The average Bonchev–Trinajstić information content (AvgIpc) is 2.69. The molecule has 2 aromatic rings. The van der Waals surface area contributed by atoms with E-state index in [4.69, 9.17) is 9.31 Å². The lowest BCUT2D eigenvalue weighted by atomic mass is 9.75. The van der Waals surface area contributed by atoms with Crippen LogP contribution in [0.1, 0.15) is 38.8 Å². The van der Waals surface area contributed by atoms with Gasteiger partial charge in [0.2, 0.25) is 0 Å². The van der Waals surface area contributed by atoms with Gasteiger partial charge in [-0.1, -0.05) is 54.6 Å². The SMILES string of the molecule is CC1(C)OB(c2ccccc2Cc2ccccc2)OC1(C)C. The Morgan fingerprint density at radius 3 is 1.95 bits per heavy atom. The fourth-order valence-corrected chi connectivity index (χ4v) is 2.71. The van der Waals surface area contributed by atoms with Crippen LogP contribution in [0, 0.1) is 0 Å². The normalized spacial score (nSPS) is 19.4. The summed E-state index contributed by atoms with van der Waals surface area (Å²) in [6.45, 7) is 8.36. The molecule has 0 unspecified atom stereocenters. The van der Waals surface area contributed by atoms with Crippen molar-refractivity contribution < 1.29 is 9.31 Å². The highest BCUT2D eigenvalue weighted by Gasteiger charge is 2.52. The molecule has 0 aromatic heterocycles. The van der Waals surface area contributed by atoms with Crippen molar-refractivity contribution in [3.8, 4) is 0 Å². The van der Waals surface area contributed by atoms with Crippen LogP contribution in [0.15, 0.2) is 54.6 Å². The van der Waals surface area contributed by atoms with Crippen molar-refractivity contribution in [2.45, 2.75) is 45.3 Å². The fraction of sp³-hybridized carbons (Fsp3) is 0.368. The minimum Gasteiger partial charge on any atom is -0.399 e. The first-order valence-corrected chi connectivity index (χ1v) is 7.86. The van der Waals surface area contributed by atoms with E-state index < -0.39 is 0 Å². The maximum atomic E-state index is 6.21. The third kappa shape index (κ3) is 2.83. The number of rotatable bonds is 3. The molecule has 0 spiro atoms. The zero-order valence-corrected chi connectivity index (χ0v) is 13.8. The molecule has 1 heterocycles. The number of hydrogen-bond donors (Lipinski definition) is 0. The summed E-state index contributed by atoms with van der Waals surface area (Å²) >= 11 is 0. The van der Waals surface area contributed by atoms with Crippen LogP contribution >= 0.6 is 0 Å². The van der Waals surface area contributed by atoms with Gasteiger partial charge in [-0.2, -0.15) is 0 Å². The first-order chi connectivity index (χ1) is 10.4. The molecular weight excluding hydrogens is 271 g/mol. The Kier molecular flexibility index (Phi) is 3.88. The highest BCUT2D eigenvalue weighted by molar-refractivity contribution is 6.62. The average molecular weight is 294 g/mol. The number of hydrogen-bond acceptors (Lipinski definition) is 2. The fourth-order valence-electron chi connectivity index (χ4n) is 2.71. The van der Waals surface area contributed by atoms with E-state index in [1.165, 1.54) is 11.1 Å². The van der Waals surface area contributed by atoms with Crippen LogP contribution < -0.4 is 5.46 Å². The van der Waals surface area contributed by atoms with Crippen LogP contribution in [-0.4, -0.2) is 18.3 Å². The Hall–Kier alpha value is -1.58. The van der Waals surface area contributed by atoms with E-state index >= 15 is 0 Å². The molecule has 114 valence electrons. The summed E-state index contributed by atoms with van der Waals surface area (Å²) in [5, 5.41) is 0. The van der Waals surface area contributed by atoms with Gasteiger partial charge in [0, 0.05) is 0 Å². The van der Waals surface area contributed by atoms with E-state index in [-0.39, 0.29) is 18.3 Å². The molecule has 0 N–H and O–H groups in total. The van der Waals surface area contributed by atoms with Crippen molar-refractivity contribution in [1.82, 2.24) is 0 Å². The third-order valence-corrected chi connectivity index (χ3v) is 4.80. The van der Waals surface area contributed by atoms with Crippen LogP contribution in [0.3, 0.4) is 0 Å². The minimum absolute atomic E-state index is 0.301. The van der Waals surface area contributed by atoms with Gasteiger partial charge in [-0.3, -0.25) is 0 Å². The lowest BCUT2D eigenvalue weighted by molar-refractivity contribution is 0.00578. The van der Waals surface area contributed by atoms with Crippen molar-refractivity contribution in [2.24, 2.45) is 0 Å². The maximum absolute atomic E-state index is 6.21. The second-order valence-corrected chi connectivity index (χ2v) is 6.95. The molecule has 3 heteroatoms. The van der Waals surface area contributed by atoms with Crippen LogP contribution in [0.2, 0.25) is 0 Å². The Morgan fingerprint density at radius 1 is 0.773 bits per heavy atom. The molecule has 0 atom stereocenters. The quantitative estimate of drug-likeness (QED) is 0.806. The van der Waals surface area contributed by atoms with E-state index in [1.54, 1.807) is 0 Å². The molecule has 0 saturated carbocycles. The van der Waals surface area contributed by atoms with Crippen molar-refractivity contribution in [1.29, 1.82) is 0 Å². The smallest absolute Gasteiger partial charge is 0.399 e. The largest absolute Gasteiger partial charge is 0.495 e. The van der Waals surface area contributed by atoms with E-state index in [0.717, 1.165) is 11.9 Å². The van der Waals surface area contributed by atoms with Crippen LogP contribution in [0.25, 0.3) is 0 Å². The van der Waals surface area contributed by atoms with Crippen LogP contribution in [-0.2, 0) is 15.7 Å². The van der Waals surface area contributed by atoms with Crippen LogP contribution in [0.5, 0.6) is 0 Å². The first kappa shape index (κ1) is 15.3. The van der Waals surface area contributed by atoms with E-state index in [2.05, 4.69) is 76.2 Å². The summed E-state index contributed by atoms with van der Waals surface area (Å²) < 4.78 is 12.4. The summed E-state index contributed by atoms with van der Waals surface area (Å²) in [5.74, 6) is 0. The molecule has 2 aromatic carbocycles. The molecule has 0 amide bonds. The molecule has 0 bridgehead atoms. The predicted octanol–water partition coefficient (Wildman–Crippen LogP) is 3.58. The van der Waals surface area contributed by atoms with Crippen LogP contribution in [0.4, 0.5) is 0 Å². The van der Waals surface area contributed by atoms with E-state index in [1.807, 2.05) is 6.07 Å². The summed E-state index contributed by atoms with van der Waals surface area (Å²) in [7, 11) is -0.301. The Labute approximate surface area is 133 Å². The third-order valence-electron chi connectivity index (χ3n) is 4.80. The number of benzene rings is 2.